The predicted octanol–water partition coefficient (Wildman–Crippen LogP) is 15.9. The molecule has 0 saturated carbocycles. The average Bonchev–Trinajstić information content (AvgIpc) is 3.79. The summed E-state index contributed by atoms with van der Waals surface area (Å²) in [6, 6.07) is 49.5. The molecule has 1 aliphatic rings. The molecule has 11 rings (SSSR count). The molecule has 0 N–H and O–H groups in total. The van der Waals surface area contributed by atoms with Gasteiger partial charge in [0.2, 0.25) is 0 Å². The van der Waals surface area contributed by atoms with Crippen molar-refractivity contribution in [2.24, 2.45) is 0 Å². The molecule has 3 nitrogen and oxygen atoms in total. The van der Waals surface area contributed by atoms with Gasteiger partial charge in [0.05, 0.1) is 22.3 Å². The van der Waals surface area contributed by atoms with Gasteiger partial charge < -0.3 is 4.42 Å². The van der Waals surface area contributed by atoms with E-state index in [-0.39, 0.29) is 22.7 Å². The van der Waals surface area contributed by atoms with Crippen molar-refractivity contribution in [3.63, 3.8) is 0 Å². The summed E-state index contributed by atoms with van der Waals surface area (Å²) < 4.78 is 9.41. The summed E-state index contributed by atoms with van der Waals surface area (Å²) in [7, 11) is 0. The maximum Gasteiger partial charge on any atom is 0.149 e. The van der Waals surface area contributed by atoms with E-state index < -0.39 is 0 Å². The number of imidazole rings is 1. The van der Waals surface area contributed by atoms with Gasteiger partial charge in [0.1, 0.15) is 17.0 Å². The van der Waals surface area contributed by atoms with Gasteiger partial charge in [0.25, 0.3) is 0 Å². The zero-order chi connectivity index (χ0) is 40.5. The lowest BCUT2D eigenvalue weighted by molar-refractivity contribution is 0.341. The summed E-state index contributed by atoms with van der Waals surface area (Å²) in [5, 5.41) is 9.90. The molecule has 3 heteroatoms. The second-order valence-electron chi connectivity index (χ2n) is 19.0. The topological polar surface area (TPSA) is 31.0 Å². The fourth-order valence-corrected chi connectivity index (χ4v) is 11.0. The Hall–Kier alpha value is -6.19. The van der Waals surface area contributed by atoms with Crippen molar-refractivity contribution in [3.8, 4) is 28.2 Å². The highest BCUT2D eigenvalue weighted by Gasteiger charge is 2.39. The van der Waals surface area contributed by atoms with Crippen molar-refractivity contribution >= 4 is 65.3 Å². The number of hydrogen-bond donors (Lipinski definition) is 0. The van der Waals surface area contributed by atoms with E-state index in [0.29, 0.717) is 0 Å². The fraction of sp³-hybridized carbons (Fsp3) is 0.232. The lowest BCUT2D eigenvalue weighted by Gasteiger charge is -2.42. The Balaban J connectivity index is 1.17. The molecule has 0 atom stereocenters. The van der Waals surface area contributed by atoms with Crippen molar-refractivity contribution < 1.29 is 4.42 Å². The van der Waals surface area contributed by atoms with Crippen LogP contribution in [0.3, 0.4) is 0 Å². The number of furan rings is 1. The van der Waals surface area contributed by atoms with Crippen LogP contribution in [0.1, 0.15) is 95.9 Å². The maximum absolute atomic E-state index is 6.96. The normalized spacial score (nSPS) is 14.9. The van der Waals surface area contributed by atoms with Crippen molar-refractivity contribution in [1.82, 2.24) is 9.55 Å². The van der Waals surface area contributed by atoms with Gasteiger partial charge in [-0.2, -0.15) is 0 Å². The summed E-state index contributed by atoms with van der Waals surface area (Å²) in [5.41, 5.74) is 14.3. The van der Waals surface area contributed by atoms with Gasteiger partial charge in [-0.1, -0.05) is 146 Å². The molecule has 0 saturated heterocycles. The largest absolute Gasteiger partial charge is 0.455 e. The lowest BCUT2D eigenvalue weighted by atomic mass is 9.61. The number of nitrogens with zero attached hydrogens (tertiary/aromatic N) is 2. The van der Waals surface area contributed by atoms with Crippen LogP contribution in [0, 0.1) is 0 Å². The molecule has 8 aromatic carbocycles. The number of hydrogen-bond acceptors (Lipinski definition) is 2. The van der Waals surface area contributed by atoms with E-state index in [4.69, 9.17) is 9.40 Å². The zero-order valence-electron chi connectivity index (χ0n) is 35.4. The summed E-state index contributed by atoms with van der Waals surface area (Å²) in [6.45, 7) is 19.0. The van der Waals surface area contributed by atoms with Crippen LogP contribution in [-0.2, 0) is 10.8 Å². The first-order chi connectivity index (χ1) is 28.4. The quantitative estimate of drug-likeness (QED) is 0.163. The molecule has 0 bridgehead atoms. The van der Waals surface area contributed by atoms with Crippen LogP contribution in [0.5, 0.6) is 0 Å². The van der Waals surface area contributed by atoms with E-state index in [9.17, 15) is 0 Å². The summed E-state index contributed by atoms with van der Waals surface area (Å²) in [5.74, 6) is 1.39. The second-order valence-corrected chi connectivity index (χ2v) is 19.0. The second kappa shape index (κ2) is 12.7. The van der Waals surface area contributed by atoms with E-state index in [2.05, 4.69) is 193 Å². The Labute approximate surface area is 346 Å². The molecule has 0 fully saturated rings. The van der Waals surface area contributed by atoms with Crippen LogP contribution in [0.2, 0.25) is 0 Å². The van der Waals surface area contributed by atoms with E-state index in [1.165, 1.54) is 71.4 Å². The molecule has 290 valence electrons. The Morgan fingerprint density at radius 2 is 1.22 bits per heavy atom. The van der Waals surface area contributed by atoms with Crippen molar-refractivity contribution in [3.05, 3.63) is 156 Å². The molecule has 0 amide bonds. The summed E-state index contributed by atoms with van der Waals surface area (Å²) in [6.07, 6.45) is 1.13. The number of aromatic nitrogens is 2. The van der Waals surface area contributed by atoms with E-state index in [1.54, 1.807) is 0 Å². The Kier molecular flexibility index (Phi) is 7.71. The van der Waals surface area contributed by atoms with Crippen LogP contribution in [-0.4, -0.2) is 9.55 Å². The SMILES string of the molecule is CC(C)c1cc(-c2ccc3c4c(cccc24)C(C)(C)CC3(C)C)cc(C(C)C)c1-n1c(-c2cccc3c2oc2cc4c(ccc5ccccc54)cc23)nc2ccccc21. The maximum atomic E-state index is 6.96. The first kappa shape index (κ1) is 35.9. The molecule has 2 aromatic heterocycles. The van der Waals surface area contributed by atoms with E-state index in [0.717, 1.165) is 50.8 Å². The highest BCUT2D eigenvalue weighted by molar-refractivity contribution is 6.17. The fourth-order valence-electron chi connectivity index (χ4n) is 11.0. The molecule has 0 aliphatic heterocycles. The minimum absolute atomic E-state index is 0.0914. The van der Waals surface area contributed by atoms with Crippen molar-refractivity contribution in [2.75, 3.05) is 0 Å². The molecule has 0 unspecified atom stereocenters. The minimum Gasteiger partial charge on any atom is -0.455 e. The van der Waals surface area contributed by atoms with Crippen LogP contribution in [0.25, 0.3) is 93.5 Å². The minimum atomic E-state index is 0.0914. The van der Waals surface area contributed by atoms with Gasteiger partial charge in [-0.15, -0.1) is 0 Å². The van der Waals surface area contributed by atoms with Crippen LogP contribution >= 0.6 is 0 Å². The third kappa shape index (κ3) is 5.29. The van der Waals surface area contributed by atoms with Gasteiger partial charge in [0, 0.05) is 10.8 Å². The van der Waals surface area contributed by atoms with Gasteiger partial charge in [-0.05, 0) is 137 Å². The number of fused-ring (bicyclic) bond motifs is 7. The van der Waals surface area contributed by atoms with Crippen LogP contribution in [0.15, 0.2) is 138 Å². The van der Waals surface area contributed by atoms with Crippen molar-refractivity contribution in [2.45, 2.75) is 84.5 Å². The third-order valence-electron chi connectivity index (χ3n) is 13.5. The zero-order valence-corrected chi connectivity index (χ0v) is 35.4. The number of benzene rings is 8. The predicted molar refractivity (Wildman–Crippen MR) is 251 cm³/mol. The van der Waals surface area contributed by atoms with Crippen molar-refractivity contribution in [1.29, 1.82) is 0 Å². The first-order valence-corrected chi connectivity index (χ1v) is 21.4. The first-order valence-electron chi connectivity index (χ1n) is 21.4. The lowest BCUT2D eigenvalue weighted by Crippen LogP contribution is -2.34. The molecular weight excluding hydrogens is 717 g/mol. The Morgan fingerprint density at radius 1 is 0.559 bits per heavy atom. The highest BCUT2D eigenvalue weighted by Crippen LogP contribution is 2.51. The van der Waals surface area contributed by atoms with Gasteiger partial charge in [-0.25, -0.2) is 4.98 Å². The molecule has 10 aromatic rings. The molecule has 0 radical (unpaired) electrons. The van der Waals surface area contributed by atoms with Crippen LogP contribution in [0.4, 0.5) is 0 Å². The monoisotopic (exact) mass is 766 g/mol. The van der Waals surface area contributed by atoms with E-state index >= 15 is 0 Å². The third-order valence-corrected chi connectivity index (χ3v) is 13.5. The standard InChI is InChI=1S/C56H50N2O/c1-32(2)42-28-36(38-25-26-47-51-39(38)17-14-20-46(51)55(5,6)31-56(47,7)8)29-43(33(3)4)52(42)58-49-22-12-11-21-48(49)57-54(58)41-19-13-18-40-45-27-35-24-23-34-15-9-10-16-37(34)44(35)30-50(45)59-53(40)41/h9-30,32-33H,31H2,1-8H3. The number of para-hydroxylation sites is 3. The van der Waals surface area contributed by atoms with Crippen LogP contribution < -0.4 is 0 Å². The van der Waals surface area contributed by atoms with E-state index in [1.807, 2.05) is 0 Å². The Bertz CT molecular complexity index is 3320. The van der Waals surface area contributed by atoms with Gasteiger partial charge in [0.15, 0.2) is 0 Å². The van der Waals surface area contributed by atoms with Gasteiger partial charge in [-0.3, -0.25) is 4.57 Å². The average molecular weight is 767 g/mol. The molecule has 1 aliphatic carbocycles. The molecule has 0 spiro atoms. The molecule has 2 heterocycles. The van der Waals surface area contributed by atoms with Gasteiger partial charge >= 0.3 is 0 Å². The smallest absolute Gasteiger partial charge is 0.149 e. The molecular formula is C56H50N2O. The highest BCUT2D eigenvalue weighted by atomic mass is 16.3. The Morgan fingerprint density at radius 3 is 2.00 bits per heavy atom. The summed E-state index contributed by atoms with van der Waals surface area (Å²) >= 11 is 0. The number of rotatable bonds is 5. The molecule has 59 heavy (non-hydrogen) atoms. The summed E-state index contributed by atoms with van der Waals surface area (Å²) in [4.78, 5) is 5.46.